The lowest BCUT2D eigenvalue weighted by molar-refractivity contribution is -0.117. The Morgan fingerprint density at radius 3 is 2.37 bits per heavy atom. The smallest absolute Gasteiger partial charge is 0.409 e. The number of hydrogen-bond acceptors (Lipinski definition) is 4. The lowest BCUT2D eigenvalue weighted by Crippen LogP contribution is -2.42. The van der Waals surface area contributed by atoms with Crippen LogP contribution in [0.15, 0.2) is 89.9 Å². The molecule has 2 N–H and O–H groups in total. The number of hydrogen-bond donors (Lipinski definition) is 2. The molecule has 4 rings (SSSR count). The lowest BCUT2D eigenvalue weighted by Gasteiger charge is -2.13. The molecular formula is C24H21N3O3. The summed E-state index contributed by atoms with van der Waals surface area (Å²) in [5.74, 6) is -0.423. The van der Waals surface area contributed by atoms with Crippen LogP contribution in [0.5, 0.6) is 0 Å². The molecule has 0 radical (unpaired) electrons. The van der Waals surface area contributed by atoms with Crippen molar-refractivity contribution in [3.63, 3.8) is 0 Å². The van der Waals surface area contributed by atoms with E-state index in [0.29, 0.717) is 17.8 Å². The Morgan fingerprint density at radius 2 is 1.60 bits per heavy atom. The second-order valence-corrected chi connectivity index (χ2v) is 6.80. The van der Waals surface area contributed by atoms with Gasteiger partial charge < -0.3 is 10.1 Å². The maximum atomic E-state index is 12.7. The number of fused-ring (bicyclic) bond motifs is 1. The van der Waals surface area contributed by atoms with Gasteiger partial charge in [-0.3, -0.25) is 10.1 Å². The molecule has 1 aliphatic rings. The highest BCUT2D eigenvalue weighted by Crippen LogP contribution is 2.23. The Labute approximate surface area is 174 Å². The Hall–Kier alpha value is -3.93. The maximum Gasteiger partial charge on any atom is 0.409 e. The van der Waals surface area contributed by atoms with Crippen molar-refractivity contribution in [2.24, 2.45) is 4.99 Å². The highest BCUT2D eigenvalue weighted by Gasteiger charge is 2.27. The Morgan fingerprint density at radius 1 is 0.933 bits per heavy atom. The predicted molar refractivity (Wildman–Crippen MR) is 116 cm³/mol. The summed E-state index contributed by atoms with van der Waals surface area (Å²) in [4.78, 5) is 29.6. The van der Waals surface area contributed by atoms with Crippen LogP contribution in [0.3, 0.4) is 0 Å². The van der Waals surface area contributed by atoms with Gasteiger partial charge in [-0.15, -0.1) is 0 Å². The van der Waals surface area contributed by atoms with Gasteiger partial charge in [0.2, 0.25) is 6.17 Å². The molecule has 150 valence electrons. The van der Waals surface area contributed by atoms with E-state index in [1.54, 1.807) is 0 Å². The highest BCUT2D eigenvalue weighted by molar-refractivity contribution is 6.19. The Balaban J connectivity index is 1.51. The second-order valence-electron chi connectivity index (χ2n) is 6.80. The maximum absolute atomic E-state index is 12.7. The van der Waals surface area contributed by atoms with Crippen molar-refractivity contribution in [1.29, 1.82) is 0 Å². The Bertz CT molecular complexity index is 1070. The zero-order valence-electron chi connectivity index (χ0n) is 16.2. The van der Waals surface area contributed by atoms with Crippen LogP contribution in [-0.4, -0.2) is 30.5 Å². The lowest BCUT2D eigenvalue weighted by atomic mass is 10.0. The largest absolute Gasteiger partial charge is 0.449 e. The van der Waals surface area contributed by atoms with Gasteiger partial charge in [-0.05, 0) is 11.6 Å². The third-order valence-electron chi connectivity index (χ3n) is 4.72. The summed E-state index contributed by atoms with van der Waals surface area (Å²) in [5, 5.41) is 5.40. The van der Waals surface area contributed by atoms with E-state index in [1.165, 1.54) is 0 Å². The van der Waals surface area contributed by atoms with Crippen LogP contribution < -0.4 is 10.6 Å². The molecule has 0 saturated heterocycles. The van der Waals surface area contributed by atoms with Crippen molar-refractivity contribution in [2.45, 2.75) is 12.6 Å². The number of rotatable bonds is 5. The van der Waals surface area contributed by atoms with Crippen LogP contribution in [0.1, 0.15) is 16.7 Å². The van der Waals surface area contributed by atoms with Crippen LogP contribution in [0.25, 0.3) is 0 Å². The molecule has 0 bridgehead atoms. The van der Waals surface area contributed by atoms with E-state index < -0.39 is 18.2 Å². The highest BCUT2D eigenvalue weighted by atomic mass is 16.5. The number of nitrogens with one attached hydrogen (secondary N) is 2. The van der Waals surface area contributed by atoms with Crippen LogP contribution in [0, 0.1) is 0 Å². The van der Waals surface area contributed by atoms with E-state index in [4.69, 9.17) is 4.74 Å². The van der Waals surface area contributed by atoms with Crippen LogP contribution in [0.2, 0.25) is 0 Å². The van der Waals surface area contributed by atoms with E-state index in [1.807, 2.05) is 84.9 Å². The van der Waals surface area contributed by atoms with Crippen molar-refractivity contribution in [1.82, 2.24) is 5.32 Å². The van der Waals surface area contributed by atoms with Crippen LogP contribution in [0.4, 0.5) is 10.5 Å². The fraction of sp³-hybridized carbons (Fsp3) is 0.125. The molecule has 3 aromatic rings. The quantitative estimate of drug-likeness (QED) is 0.685. The fourth-order valence-corrected chi connectivity index (χ4v) is 3.24. The summed E-state index contributed by atoms with van der Waals surface area (Å²) in [6.07, 6.45) is -1.19. The summed E-state index contributed by atoms with van der Waals surface area (Å²) in [7, 11) is 0. The fourth-order valence-electron chi connectivity index (χ4n) is 3.24. The number of alkyl carbamates (subject to hydrolysis) is 1. The van der Waals surface area contributed by atoms with Crippen LogP contribution >= 0.6 is 0 Å². The van der Waals surface area contributed by atoms with Gasteiger partial charge in [0.15, 0.2) is 0 Å². The van der Waals surface area contributed by atoms with Gasteiger partial charge in [0.25, 0.3) is 5.91 Å². The Kier molecular flexibility index (Phi) is 5.85. The van der Waals surface area contributed by atoms with E-state index in [0.717, 1.165) is 16.7 Å². The average molecular weight is 399 g/mol. The molecule has 30 heavy (non-hydrogen) atoms. The third-order valence-corrected chi connectivity index (χ3v) is 4.72. The minimum atomic E-state index is -1.10. The molecule has 3 aromatic carbocycles. The summed E-state index contributed by atoms with van der Waals surface area (Å²) in [6, 6.07) is 26.7. The minimum absolute atomic E-state index is 0.208. The van der Waals surface area contributed by atoms with Gasteiger partial charge in [0.1, 0.15) is 0 Å². The minimum Gasteiger partial charge on any atom is -0.449 e. The van der Waals surface area contributed by atoms with Gasteiger partial charge in [0, 0.05) is 17.5 Å². The SMILES string of the molecule is O=C(NC1N=C(c2ccccc2)c2ccccc2NC1=O)OCCc1ccccc1. The zero-order valence-corrected chi connectivity index (χ0v) is 16.2. The van der Waals surface area contributed by atoms with E-state index in [-0.39, 0.29) is 6.61 Å². The molecule has 6 heteroatoms. The first-order valence-electron chi connectivity index (χ1n) is 9.71. The van der Waals surface area contributed by atoms with E-state index >= 15 is 0 Å². The van der Waals surface area contributed by atoms with Crippen molar-refractivity contribution in [3.8, 4) is 0 Å². The molecule has 1 atom stereocenters. The summed E-state index contributed by atoms with van der Waals surface area (Å²) in [6.45, 7) is 0.208. The number of ether oxygens (including phenoxy) is 1. The molecule has 0 fully saturated rings. The monoisotopic (exact) mass is 399 g/mol. The van der Waals surface area contributed by atoms with Crippen molar-refractivity contribution in [2.75, 3.05) is 11.9 Å². The molecule has 1 unspecified atom stereocenters. The first-order valence-corrected chi connectivity index (χ1v) is 9.71. The standard InChI is InChI=1S/C24H21N3O3/c28-23-22(27-24(29)30-16-15-17-9-3-1-4-10-17)26-21(18-11-5-2-6-12-18)19-13-7-8-14-20(19)25-23/h1-14,22H,15-16H2,(H,25,28)(H,27,29). The zero-order chi connectivity index (χ0) is 20.8. The molecule has 0 aliphatic carbocycles. The second kappa shape index (κ2) is 9.05. The van der Waals surface area contributed by atoms with E-state index in [9.17, 15) is 9.59 Å². The molecule has 1 aliphatic heterocycles. The summed E-state index contributed by atoms with van der Waals surface area (Å²) < 4.78 is 5.26. The van der Waals surface area contributed by atoms with Gasteiger partial charge in [-0.2, -0.15) is 0 Å². The number of benzene rings is 3. The van der Waals surface area contributed by atoms with Gasteiger partial charge in [-0.25, -0.2) is 9.79 Å². The number of nitrogens with zero attached hydrogens (tertiary/aromatic N) is 1. The van der Waals surface area contributed by atoms with Gasteiger partial charge in [-0.1, -0.05) is 78.9 Å². The van der Waals surface area contributed by atoms with E-state index in [2.05, 4.69) is 15.6 Å². The van der Waals surface area contributed by atoms with Crippen molar-refractivity contribution < 1.29 is 14.3 Å². The predicted octanol–water partition coefficient (Wildman–Crippen LogP) is 3.77. The first-order chi connectivity index (χ1) is 14.7. The molecular weight excluding hydrogens is 378 g/mol. The number of benzodiazepines with no additional fused rings is 1. The number of carbonyl (C=O) groups excluding carboxylic acids is 2. The molecule has 6 nitrogen and oxygen atoms in total. The average Bonchev–Trinajstić information content (AvgIpc) is 2.91. The van der Waals surface area contributed by atoms with Crippen LogP contribution in [-0.2, 0) is 16.0 Å². The normalized spacial score (nSPS) is 15.3. The van der Waals surface area contributed by atoms with Gasteiger partial charge in [0.05, 0.1) is 18.0 Å². The molecule has 1 heterocycles. The number of anilines is 1. The number of para-hydroxylation sites is 1. The topological polar surface area (TPSA) is 79.8 Å². The van der Waals surface area contributed by atoms with Gasteiger partial charge >= 0.3 is 6.09 Å². The number of amides is 2. The number of aliphatic imine (C=N–C) groups is 1. The molecule has 2 amide bonds. The number of carbonyl (C=O) groups is 2. The summed E-state index contributed by atoms with van der Waals surface area (Å²) >= 11 is 0. The molecule has 0 spiro atoms. The van der Waals surface area contributed by atoms with Crippen molar-refractivity contribution >= 4 is 23.4 Å². The molecule has 0 aromatic heterocycles. The first kappa shape index (κ1) is 19.4. The van der Waals surface area contributed by atoms with Crippen molar-refractivity contribution in [3.05, 3.63) is 102 Å². The third kappa shape index (κ3) is 4.55. The summed E-state index contributed by atoms with van der Waals surface area (Å²) in [5.41, 5.74) is 3.98. The molecule has 0 saturated carbocycles.